The fraction of sp³-hybridized carbons (Fsp3) is 0.0667. The number of hydrogen-bond donors (Lipinski definition) is 0. The van der Waals surface area contributed by atoms with Gasteiger partial charge >= 0.3 is 0 Å². The molecule has 1 amide bonds. The molecule has 7 rings (SSSR count). The second-order valence-corrected chi connectivity index (χ2v) is 10.1. The smallest absolute Gasteiger partial charge is 0.291 e. The third kappa shape index (κ3) is 3.39. The average Bonchev–Trinajstić information content (AvgIpc) is 3.56. The standard InChI is InChI=1S/C30H20N4O2S/c1-18-13-15-19(16-14-18)17-33-24-12-5-4-10-23(24)25(28(33)35)26-29(36)34-30(37-26)31-27(32-34)22-11-6-8-20-7-2-3-9-21(20)22/h2-16H,17H2,1H3. The van der Waals surface area contributed by atoms with Crippen LogP contribution in [0.4, 0.5) is 5.69 Å². The zero-order chi connectivity index (χ0) is 25.1. The second-order valence-electron chi connectivity index (χ2n) is 9.16. The Morgan fingerprint density at radius 2 is 1.54 bits per heavy atom. The number of para-hydroxylation sites is 1. The molecule has 1 aliphatic heterocycles. The third-order valence-corrected chi connectivity index (χ3v) is 7.83. The van der Waals surface area contributed by atoms with Gasteiger partial charge in [0.2, 0.25) is 4.96 Å². The molecule has 0 radical (unpaired) electrons. The molecule has 0 N–H and O–H groups in total. The van der Waals surface area contributed by atoms with Crippen molar-refractivity contribution in [2.75, 3.05) is 4.90 Å². The molecule has 0 saturated heterocycles. The number of rotatable bonds is 3. The van der Waals surface area contributed by atoms with Crippen LogP contribution in [0.5, 0.6) is 0 Å². The number of carbonyl (C=O) groups excluding carboxylic acids is 1. The molecule has 2 aromatic heterocycles. The number of amides is 1. The van der Waals surface area contributed by atoms with Gasteiger partial charge in [0.25, 0.3) is 11.5 Å². The molecule has 0 saturated carbocycles. The summed E-state index contributed by atoms with van der Waals surface area (Å²) in [5.41, 5.74) is 4.71. The Balaban J connectivity index is 1.37. The predicted octanol–water partition coefficient (Wildman–Crippen LogP) is 4.74. The topological polar surface area (TPSA) is 67.6 Å². The molecule has 7 heteroatoms. The summed E-state index contributed by atoms with van der Waals surface area (Å²) in [6, 6.07) is 29.7. The second kappa shape index (κ2) is 8.21. The fourth-order valence-corrected chi connectivity index (χ4v) is 5.95. The van der Waals surface area contributed by atoms with Gasteiger partial charge in [0.1, 0.15) is 4.53 Å². The maximum absolute atomic E-state index is 13.7. The van der Waals surface area contributed by atoms with Crippen LogP contribution in [0.1, 0.15) is 16.7 Å². The minimum absolute atomic E-state index is 0.183. The molecule has 178 valence electrons. The molecule has 6 aromatic rings. The number of thiazole rings is 1. The van der Waals surface area contributed by atoms with Crippen LogP contribution in [0.25, 0.3) is 32.7 Å². The summed E-state index contributed by atoms with van der Waals surface area (Å²) in [4.78, 5) is 34.2. The Morgan fingerprint density at radius 3 is 2.38 bits per heavy atom. The normalized spacial score (nSPS) is 14.6. The van der Waals surface area contributed by atoms with E-state index in [-0.39, 0.29) is 11.5 Å². The monoisotopic (exact) mass is 500 g/mol. The van der Waals surface area contributed by atoms with E-state index in [2.05, 4.69) is 5.10 Å². The lowest BCUT2D eigenvalue weighted by molar-refractivity contribution is -0.113. The molecule has 1 aliphatic rings. The van der Waals surface area contributed by atoms with Crippen molar-refractivity contribution in [2.45, 2.75) is 13.5 Å². The zero-order valence-corrected chi connectivity index (χ0v) is 20.7. The summed E-state index contributed by atoms with van der Waals surface area (Å²) in [6.07, 6.45) is 0. The molecule has 4 aromatic carbocycles. The Morgan fingerprint density at radius 1 is 0.811 bits per heavy atom. The number of anilines is 1. The number of aryl methyl sites for hydroxylation is 1. The van der Waals surface area contributed by atoms with Gasteiger partial charge in [0.15, 0.2) is 5.82 Å². The van der Waals surface area contributed by atoms with Crippen LogP contribution in [0.3, 0.4) is 0 Å². The lowest BCUT2D eigenvalue weighted by Crippen LogP contribution is -2.32. The molecule has 3 heterocycles. The number of fused-ring (bicyclic) bond motifs is 3. The Kier molecular flexibility index (Phi) is 4.81. The van der Waals surface area contributed by atoms with E-state index in [9.17, 15) is 9.59 Å². The van der Waals surface area contributed by atoms with Crippen molar-refractivity contribution < 1.29 is 4.79 Å². The summed E-state index contributed by atoms with van der Waals surface area (Å²) in [5.74, 6) is 0.313. The highest BCUT2D eigenvalue weighted by atomic mass is 32.1. The Bertz CT molecular complexity index is 1970. The first-order valence-electron chi connectivity index (χ1n) is 12.0. The zero-order valence-electron chi connectivity index (χ0n) is 19.9. The quantitative estimate of drug-likeness (QED) is 0.352. The van der Waals surface area contributed by atoms with Gasteiger partial charge in [-0.25, -0.2) is 0 Å². The van der Waals surface area contributed by atoms with Crippen molar-refractivity contribution in [3.8, 4) is 11.4 Å². The summed E-state index contributed by atoms with van der Waals surface area (Å²) in [5, 5.41) is 6.67. The van der Waals surface area contributed by atoms with Crippen molar-refractivity contribution in [1.82, 2.24) is 14.6 Å². The molecule has 37 heavy (non-hydrogen) atoms. The maximum atomic E-state index is 13.7. The van der Waals surface area contributed by atoms with Crippen LogP contribution in [-0.2, 0) is 11.3 Å². The van der Waals surface area contributed by atoms with Gasteiger partial charge in [-0.05, 0) is 29.3 Å². The summed E-state index contributed by atoms with van der Waals surface area (Å²) < 4.78 is 1.69. The van der Waals surface area contributed by atoms with Crippen LogP contribution in [0, 0.1) is 6.92 Å². The van der Waals surface area contributed by atoms with E-state index in [4.69, 9.17) is 4.98 Å². The predicted molar refractivity (Wildman–Crippen MR) is 147 cm³/mol. The molecule has 0 fully saturated rings. The Hall–Kier alpha value is -4.62. The van der Waals surface area contributed by atoms with Crippen molar-refractivity contribution >= 4 is 44.2 Å². The van der Waals surface area contributed by atoms with Gasteiger partial charge in [-0.2, -0.15) is 9.50 Å². The number of aromatic nitrogens is 3. The largest absolute Gasteiger partial charge is 0.303 e. The number of hydrogen-bond acceptors (Lipinski definition) is 5. The van der Waals surface area contributed by atoms with E-state index in [1.54, 1.807) is 4.90 Å². The van der Waals surface area contributed by atoms with Gasteiger partial charge in [0.05, 0.1) is 17.8 Å². The van der Waals surface area contributed by atoms with Crippen LogP contribution in [-0.4, -0.2) is 20.5 Å². The highest BCUT2D eigenvalue weighted by Gasteiger charge is 2.34. The van der Waals surface area contributed by atoms with Crippen molar-refractivity contribution in [3.05, 3.63) is 123 Å². The lowest BCUT2D eigenvalue weighted by Gasteiger charge is -2.17. The molecular weight excluding hydrogens is 480 g/mol. The van der Waals surface area contributed by atoms with Crippen LogP contribution in [0.2, 0.25) is 0 Å². The first kappa shape index (κ1) is 21.6. The van der Waals surface area contributed by atoms with E-state index in [1.807, 2.05) is 97.9 Å². The minimum Gasteiger partial charge on any atom is -0.303 e. The van der Waals surface area contributed by atoms with E-state index in [1.165, 1.54) is 15.9 Å². The fourth-order valence-electron chi connectivity index (χ4n) is 4.95. The lowest BCUT2D eigenvalue weighted by atomic mass is 10.0. The first-order valence-corrected chi connectivity index (χ1v) is 12.8. The molecule has 0 atom stereocenters. The first-order chi connectivity index (χ1) is 18.1. The van der Waals surface area contributed by atoms with Crippen LogP contribution >= 0.6 is 11.3 Å². The summed E-state index contributed by atoms with van der Waals surface area (Å²) >= 11 is 1.21. The van der Waals surface area contributed by atoms with E-state index < -0.39 is 0 Å². The molecule has 6 nitrogen and oxygen atoms in total. The van der Waals surface area contributed by atoms with Crippen molar-refractivity contribution in [1.29, 1.82) is 0 Å². The van der Waals surface area contributed by atoms with Crippen LogP contribution in [0.15, 0.2) is 95.8 Å². The molecule has 0 aliphatic carbocycles. The van der Waals surface area contributed by atoms with E-state index in [0.717, 1.165) is 38.7 Å². The van der Waals surface area contributed by atoms with Gasteiger partial charge in [0, 0.05) is 11.1 Å². The van der Waals surface area contributed by atoms with Gasteiger partial charge in [-0.15, -0.1) is 5.10 Å². The van der Waals surface area contributed by atoms with E-state index >= 15 is 0 Å². The maximum Gasteiger partial charge on any atom is 0.291 e. The molecule has 0 unspecified atom stereocenters. The van der Waals surface area contributed by atoms with Crippen molar-refractivity contribution in [3.63, 3.8) is 0 Å². The number of carbonyl (C=O) groups is 1. The third-order valence-electron chi connectivity index (χ3n) is 6.80. The van der Waals surface area contributed by atoms with Gasteiger partial charge in [-0.3, -0.25) is 9.59 Å². The SMILES string of the molecule is Cc1ccc(CN2C(=O)C(=c3sc4nc(-c5cccc6ccccc56)nn4c3=O)c3ccccc32)cc1. The van der Waals surface area contributed by atoms with Crippen LogP contribution < -0.4 is 15.0 Å². The molecule has 0 spiro atoms. The minimum atomic E-state index is -0.325. The van der Waals surface area contributed by atoms with Gasteiger partial charge < -0.3 is 4.90 Å². The number of nitrogens with zero attached hydrogens (tertiary/aromatic N) is 4. The van der Waals surface area contributed by atoms with Gasteiger partial charge in [-0.1, -0.05) is 102 Å². The van der Waals surface area contributed by atoms with E-state index in [0.29, 0.717) is 27.4 Å². The summed E-state index contributed by atoms with van der Waals surface area (Å²) in [6.45, 7) is 2.47. The number of benzene rings is 4. The summed E-state index contributed by atoms with van der Waals surface area (Å²) in [7, 11) is 0. The molecule has 0 bridgehead atoms. The Labute approximate surface area is 215 Å². The highest BCUT2D eigenvalue weighted by Crippen LogP contribution is 2.36. The van der Waals surface area contributed by atoms with Crippen molar-refractivity contribution in [2.24, 2.45) is 0 Å². The highest BCUT2D eigenvalue weighted by molar-refractivity contribution is 7.15. The molecular formula is C30H20N4O2S. The average molecular weight is 501 g/mol.